The standard InChI is InChI=1S/C32H48N2O22/c35-5-11-15(39)17(41)23(47)31(53-11)55-25-13(7-37)51-29(21(45)19(25)43)33-27(49)9-1-2-10(4-3-9)28(50)34-30-22(46)20(44)26(14(8-38)52-30)56-32-24(48)18(42)16(40)12(6-36)54-32/h1-4,11-26,29-32,35-48H,5-8H2,(H,33,49)(H,34,50)/t11-,12-,13-,14-,15+,16+,17+,18+,19-,20-,21-,22-,23-,24-,25-,26-,29+,30+,31+,32+/m1/s1. The van der Waals surface area contributed by atoms with Crippen LogP contribution < -0.4 is 10.6 Å². The molecule has 4 aliphatic heterocycles. The zero-order valence-electron chi connectivity index (χ0n) is 29.2. The summed E-state index contributed by atoms with van der Waals surface area (Å²) in [5.41, 5.74) is -0.185. The summed E-state index contributed by atoms with van der Waals surface area (Å²) in [7, 11) is 0. The lowest BCUT2D eigenvalue weighted by Crippen LogP contribution is -2.66. The first-order valence-corrected chi connectivity index (χ1v) is 17.4. The van der Waals surface area contributed by atoms with Crippen LogP contribution in [0.5, 0.6) is 0 Å². The molecule has 20 atom stereocenters. The van der Waals surface area contributed by atoms with Crippen molar-refractivity contribution in [3.8, 4) is 0 Å². The molecule has 0 unspecified atom stereocenters. The number of rotatable bonds is 12. The average molecular weight is 813 g/mol. The lowest BCUT2D eigenvalue weighted by molar-refractivity contribution is -0.342. The maximum atomic E-state index is 13.1. The Balaban J connectivity index is 1.16. The summed E-state index contributed by atoms with van der Waals surface area (Å²) in [6, 6.07) is 4.72. The zero-order valence-corrected chi connectivity index (χ0v) is 29.2. The minimum Gasteiger partial charge on any atom is -0.394 e. The lowest BCUT2D eigenvalue weighted by atomic mass is 9.96. The highest BCUT2D eigenvalue weighted by molar-refractivity contribution is 5.98. The van der Waals surface area contributed by atoms with Gasteiger partial charge in [0.1, 0.15) is 97.7 Å². The van der Waals surface area contributed by atoms with Crippen molar-refractivity contribution >= 4 is 11.8 Å². The van der Waals surface area contributed by atoms with Crippen LogP contribution in [0.15, 0.2) is 24.3 Å². The molecule has 0 radical (unpaired) electrons. The zero-order chi connectivity index (χ0) is 41.2. The quantitative estimate of drug-likeness (QED) is 0.0931. The van der Waals surface area contributed by atoms with Crippen LogP contribution in [0.2, 0.25) is 0 Å². The number of benzene rings is 1. The number of hydrogen-bond acceptors (Lipinski definition) is 22. The van der Waals surface area contributed by atoms with Crippen molar-refractivity contribution in [3.63, 3.8) is 0 Å². The van der Waals surface area contributed by atoms with E-state index in [1.165, 1.54) is 24.3 Å². The normalized spacial score (nSPS) is 44.5. The van der Waals surface area contributed by atoms with E-state index in [0.29, 0.717) is 0 Å². The topological polar surface area (TPSA) is 397 Å². The number of carbonyl (C=O) groups excluding carboxylic acids is 2. The second kappa shape index (κ2) is 19.0. The molecular weight excluding hydrogens is 764 g/mol. The molecule has 0 aromatic heterocycles. The molecule has 16 N–H and O–H groups in total. The summed E-state index contributed by atoms with van der Waals surface area (Å²) >= 11 is 0. The number of aliphatic hydroxyl groups excluding tert-OH is 14. The van der Waals surface area contributed by atoms with Gasteiger partial charge in [-0.05, 0) is 24.3 Å². The first-order valence-electron chi connectivity index (χ1n) is 17.4. The molecule has 24 nitrogen and oxygen atoms in total. The Kier molecular flexibility index (Phi) is 15.1. The Morgan fingerprint density at radius 1 is 0.446 bits per heavy atom. The third kappa shape index (κ3) is 9.14. The average Bonchev–Trinajstić information content (AvgIpc) is 3.20. The molecule has 0 aliphatic carbocycles. The van der Waals surface area contributed by atoms with E-state index in [2.05, 4.69) is 10.6 Å². The van der Waals surface area contributed by atoms with E-state index in [1.807, 2.05) is 0 Å². The van der Waals surface area contributed by atoms with Gasteiger partial charge in [0.2, 0.25) is 0 Å². The number of amides is 2. The Morgan fingerprint density at radius 2 is 0.768 bits per heavy atom. The molecule has 2 amide bonds. The van der Waals surface area contributed by atoms with Crippen molar-refractivity contribution in [2.45, 2.75) is 123 Å². The van der Waals surface area contributed by atoms with Crippen LogP contribution in [0.1, 0.15) is 20.7 Å². The third-order valence-corrected chi connectivity index (χ3v) is 9.96. The van der Waals surface area contributed by atoms with Crippen molar-refractivity contribution in [3.05, 3.63) is 35.4 Å². The van der Waals surface area contributed by atoms with E-state index in [4.69, 9.17) is 28.4 Å². The Morgan fingerprint density at radius 3 is 1.07 bits per heavy atom. The van der Waals surface area contributed by atoms with E-state index in [9.17, 15) is 81.1 Å². The molecule has 0 spiro atoms. The number of nitrogens with one attached hydrogen (secondary N) is 2. The maximum Gasteiger partial charge on any atom is 0.253 e. The van der Waals surface area contributed by atoms with Gasteiger partial charge in [0, 0.05) is 11.1 Å². The molecule has 0 bridgehead atoms. The highest BCUT2D eigenvalue weighted by Crippen LogP contribution is 2.31. The smallest absolute Gasteiger partial charge is 0.253 e. The molecule has 4 fully saturated rings. The summed E-state index contributed by atoms with van der Waals surface area (Å²) < 4.78 is 32.6. The van der Waals surface area contributed by atoms with Gasteiger partial charge in [-0.15, -0.1) is 0 Å². The number of ether oxygens (including phenoxy) is 6. The number of hydrogen-bond donors (Lipinski definition) is 16. The summed E-state index contributed by atoms with van der Waals surface area (Å²) in [4.78, 5) is 26.1. The van der Waals surface area contributed by atoms with Crippen LogP contribution in [0, 0.1) is 0 Å². The molecule has 1 aromatic rings. The number of carbonyl (C=O) groups is 2. The van der Waals surface area contributed by atoms with Gasteiger partial charge in [-0.2, -0.15) is 0 Å². The second-order valence-electron chi connectivity index (χ2n) is 13.6. The van der Waals surface area contributed by atoms with Gasteiger partial charge in [0.25, 0.3) is 11.8 Å². The van der Waals surface area contributed by atoms with E-state index in [1.54, 1.807) is 0 Å². The molecule has 4 aliphatic rings. The van der Waals surface area contributed by atoms with Gasteiger partial charge in [0.15, 0.2) is 25.0 Å². The van der Waals surface area contributed by atoms with Crippen LogP contribution in [-0.4, -0.2) is 232 Å². The fraction of sp³-hybridized carbons (Fsp3) is 0.750. The van der Waals surface area contributed by atoms with Crippen LogP contribution >= 0.6 is 0 Å². The van der Waals surface area contributed by atoms with Gasteiger partial charge in [0.05, 0.1) is 26.4 Å². The lowest BCUT2D eigenvalue weighted by Gasteiger charge is -2.46. The van der Waals surface area contributed by atoms with E-state index in [-0.39, 0.29) is 11.1 Å². The third-order valence-electron chi connectivity index (χ3n) is 9.96. The van der Waals surface area contributed by atoms with Crippen molar-refractivity contribution in [1.29, 1.82) is 0 Å². The fourth-order valence-corrected chi connectivity index (χ4v) is 6.62. The SMILES string of the molecule is O=C(N[C@H]1O[C@H](CO)[C@@H](O[C@@H]2O[C@H](CO)[C@H](O)[C@H](O)[C@H]2O)[C@H](O)[C@H]1O)c1ccc(C(=O)N[C@H]2O[C@H](CO)[C@@H](O[C@@H]3O[C@H](CO)[C@H](O)[C@H](O)[C@H]3O)[C@H](O)[C@H]2O)cc1. The van der Waals surface area contributed by atoms with Crippen molar-refractivity contribution in [2.75, 3.05) is 26.4 Å². The monoisotopic (exact) mass is 812 g/mol. The van der Waals surface area contributed by atoms with Crippen molar-refractivity contribution in [1.82, 2.24) is 10.6 Å². The van der Waals surface area contributed by atoms with E-state index < -0.39 is 161 Å². The van der Waals surface area contributed by atoms with Gasteiger partial charge >= 0.3 is 0 Å². The molecular formula is C32H48N2O22. The van der Waals surface area contributed by atoms with Crippen LogP contribution in [0.25, 0.3) is 0 Å². The molecule has 4 heterocycles. The Hall–Kier alpha value is -2.64. The van der Waals surface area contributed by atoms with Crippen LogP contribution in [0.3, 0.4) is 0 Å². The minimum absolute atomic E-state index is 0.0926. The Labute approximate surface area is 316 Å². The van der Waals surface area contributed by atoms with Gasteiger partial charge in [-0.1, -0.05) is 0 Å². The first kappa shape index (κ1) is 44.5. The first-order chi connectivity index (χ1) is 26.6. The summed E-state index contributed by atoms with van der Waals surface area (Å²) in [5, 5.41) is 147. The van der Waals surface area contributed by atoms with Gasteiger partial charge < -0.3 is 111 Å². The van der Waals surface area contributed by atoms with Crippen LogP contribution in [-0.2, 0) is 28.4 Å². The predicted molar refractivity (Wildman–Crippen MR) is 174 cm³/mol. The minimum atomic E-state index is -1.90. The molecule has 0 saturated carbocycles. The fourth-order valence-electron chi connectivity index (χ4n) is 6.62. The highest BCUT2D eigenvalue weighted by atomic mass is 16.7. The van der Waals surface area contributed by atoms with Gasteiger partial charge in [-0.3, -0.25) is 9.59 Å². The highest BCUT2D eigenvalue weighted by Gasteiger charge is 2.52. The molecule has 1 aromatic carbocycles. The van der Waals surface area contributed by atoms with E-state index in [0.717, 1.165) is 0 Å². The second-order valence-corrected chi connectivity index (χ2v) is 13.6. The molecule has 56 heavy (non-hydrogen) atoms. The number of aliphatic hydroxyl groups is 14. The van der Waals surface area contributed by atoms with Crippen LogP contribution in [0.4, 0.5) is 0 Å². The van der Waals surface area contributed by atoms with E-state index >= 15 is 0 Å². The van der Waals surface area contributed by atoms with Crippen molar-refractivity contribution < 1.29 is 110 Å². The maximum absolute atomic E-state index is 13.1. The molecule has 4 saturated heterocycles. The summed E-state index contributed by atoms with van der Waals surface area (Å²) in [5.74, 6) is -1.77. The summed E-state index contributed by atoms with van der Waals surface area (Å²) in [6.45, 7) is -3.24. The predicted octanol–water partition coefficient (Wildman–Crippen LogP) is -9.61. The molecule has 318 valence electrons. The Bertz CT molecular complexity index is 1330. The van der Waals surface area contributed by atoms with Gasteiger partial charge in [-0.25, -0.2) is 0 Å². The summed E-state index contributed by atoms with van der Waals surface area (Å²) in [6.07, 6.45) is -34.0. The molecule has 5 rings (SSSR count). The largest absolute Gasteiger partial charge is 0.394 e. The van der Waals surface area contributed by atoms with Crippen molar-refractivity contribution in [2.24, 2.45) is 0 Å². The molecule has 24 heteroatoms.